The van der Waals surface area contributed by atoms with Crippen LogP contribution in [0.15, 0.2) is 199 Å². The quantitative estimate of drug-likeness (QED) is 0.163. The summed E-state index contributed by atoms with van der Waals surface area (Å²) in [5.41, 5.74) is 17.2. The lowest BCUT2D eigenvalue weighted by Gasteiger charge is -2.30. The maximum absolute atomic E-state index is 6.26. The van der Waals surface area contributed by atoms with Gasteiger partial charge in [0.25, 0.3) is 0 Å². The molecule has 0 fully saturated rings. The lowest BCUT2D eigenvalue weighted by Crippen LogP contribution is -2.25. The summed E-state index contributed by atoms with van der Waals surface area (Å²) < 4.78 is 6.26. The van der Waals surface area contributed by atoms with Crippen LogP contribution in [0.1, 0.15) is 22.3 Å². The summed E-state index contributed by atoms with van der Waals surface area (Å²) >= 11 is 0. The van der Waals surface area contributed by atoms with Gasteiger partial charge >= 0.3 is 0 Å². The molecule has 1 heteroatoms. The molecule has 10 aromatic carbocycles. The van der Waals surface area contributed by atoms with E-state index in [9.17, 15) is 0 Å². The number of fused-ring (bicyclic) bond motifs is 17. The van der Waals surface area contributed by atoms with E-state index < -0.39 is 5.41 Å². The zero-order valence-corrected chi connectivity index (χ0v) is 30.4. The zero-order chi connectivity index (χ0) is 36.5. The highest BCUT2D eigenvalue weighted by molar-refractivity contribution is 6.23. The van der Waals surface area contributed by atoms with Crippen molar-refractivity contribution in [2.75, 3.05) is 0 Å². The Labute approximate surface area is 323 Å². The molecule has 0 atom stereocenters. The molecule has 2 aliphatic rings. The van der Waals surface area contributed by atoms with Gasteiger partial charge < -0.3 is 4.42 Å². The molecular formula is C55H32O. The molecule has 11 aromatic rings. The molecule has 0 saturated carbocycles. The van der Waals surface area contributed by atoms with Crippen LogP contribution >= 0.6 is 0 Å². The van der Waals surface area contributed by atoms with Crippen molar-refractivity contribution in [1.82, 2.24) is 0 Å². The molecule has 0 radical (unpaired) electrons. The van der Waals surface area contributed by atoms with E-state index in [-0.39, 0.29) is 0 Å². The summed E-state index contributed by atoms with van der Waals surface area (Å²) in [7, 11) is 0. The fourth-order valence-electron chi connectivity index (χ4n) is 10.7. The fourth-order valence-corrected chi connectivity index (χ4v) is 10.7. The highest BCUT2D eigenvalue weighted by Crippen LogP contribution is 2.63. The van der Waals surface area contributed by atoms with Gasteiger partial charge in [0.1, 0.15) is 11.2 Å². The van der Waals surface area contributed by atoms with E-state index in [1.54, 1.807) is 0 Å². The molecule has 0 unspecified atom stereocenters. The Balaban J connectivity index is 1.08. The van der Waals surface area contributed by atoms with Gasteiger partial charge in [-0.1, -0.05) is 170 Å². The van der Waals surface area contributed by atoms with Crippen LogP contribution in [-0.2, 0) is 5.41 Å². The Kier molecular flexibility index (Phi) is 5.89. The van der Waals surface area contributed by atoms with Gasteiger partial charge in [-0.05, 0) is 123 Å². The Morgan fingerprint density at radius 3 is 1.36 bits per heavy atom. The topological polar surface area (TPSA) is 13.1 Å². The van der Waals surface area contributed by atoms with Crippen molar-refractivity contribution in [3.63, 3.8) is 0 Å². The van der Waals surface area contributed by atoms with E-state index in [2.05, 4.69) is 188 Å². The summed E-state index contributed by atoms with van der Waals surface area (Å²) in [5.74, 6) is 0. The van der Waals surface area contributed by atoms with E-state index in [0.717, 1.165) is 16.6 Å². The fraction of sp³-hybridized carbons (Fsp3) is 0.0182. The third kappa shape index (κ3) is 3.75. The average molecular weight is 709 g/mol. The van der Waals surface area contributed by atoms with Crippen LogP contribution in [0.25, 0.3) is 98.8 Å². The Morgan fingerprint density at radius 2 is 0.768 bits per heavy atom. The summed E-state index contributed by atoms with van der Waals surface area (Å²) in [6.45, 7) is 0. The summed E-state index contributed by atoms with van der Waals surface area (Å²) in [4.78, 5) is 0. The number of para-hydroxylation sites is 1. The number of hydrogen-bond acceptors (Lipinski definition) is 1. The van der Waals surface area contributed by atoms with Crippen molar-refractivity contribution in [1.29, 1.82) is 0 Å². The first kappa shape index (κ1) is 30.1. The van der Waals surface area contributed by atoms with E-state index in [4.69, 9.17) is 4.42 Å². The van der Waals surface area contributed by atoms with Crippen LogP contribution in [-0.4, -0.2) is 0 Å². The van der Waals surface area contributed by atoms with Crippen LogP contribution in [0.4, 0.5) is 0 Å². The number of hydrogen-bond donors (Lipinski definition) is 0. The van der Waals surface area contributed by atoms with E-state index in [1.807, 2.05) is 6.07 Å². The highest BCUT2D eigenvalue weighted by Gasteiger charge is 2.51. The number of rotatable bonds is 2. The molecule has 13 rings (SSSR count). The Hall–Kier alpha value is -7.22. The first-order valence-corrected chi connectivity index (χ1v) is 19.5. The molecule has 2 aliphatic carbocycles. The lowest BCUT2D eigenvalue weighted by molar-refractivity contribution is 0.669. The first-order chi connectivity index (χ1) is 27.8. The Bertz CT molecular complexity index is 3370. The van der Waals surface area contributed by atoms with Gasteiger partial charge in [-0.15, -0.1) is 0 Å². The largest absolute Gasteiger partial charge is 0.456 e. The molecule has 0 N–H and O–H groups in total. The molecule has 258 valence electrons. The molecule has 56 heavy (non-hydrogen) atoms. The molecular weight excluding hydrogens is 677 g/mol. The van der Waals surface area contributed by atoms with Crippen molar-refractivity contribution >= 4 is 54.3 Å². The molecule has 0 saturated heterocycles. The normalized spacial score (nSPS) is 13.5. The number of furan rings is 1. The van der Waals surface area contributed by atoms with Crippen LogP contribution in [0.5, 0.6) is 0 Å². The average Bonchev–Trinajstić information content (AvgIpc) is 3.89. The minimum absolute atomic E-state index is 0.391. The van der Waals surface area contributed by atoms with Crippen LogP contribution < -0.4 is 0 Å². The van der Waals surface area contributed by atoms with Gasteiger partial charge in [0.15, 0.2) is 0 Å². The Morgan fingerprint density at radius 1 is 0.304 bits per heavy atom. The molecule has 1 nitrogen and oxygen atoms in total. The maximum Gasteiger partial charge on any atom is 0.136 e. The molecule has 1 spiro atoms. The zero-order valence-electron chi connectivity index (χ0n) is 30.4. The van der Waals surface area contributed by atoms with E-state index >= 15 is 0 Å². The highest BCUT2D eigenvalue weighted by atomic mass is 16.3. The van der Waals surface area contributed by atoms with Crippen molar-refractivity contribution in [3.8, 4) is 44.5 Å². The van der Waals surface area contributed by atoms with Crippen LogP contribution in [0.2, 0.25) is 0 Å². The minimum Gasteiger partial charge on any atom is -0.456 e. The van der Waals surface area contributed by atoms with Crippen LogP contribution in [0, 0.1) is 0 Å². The summed E-state index contributed by atoms with van der Waals surface area (Å²) in [6, 6.07) is 72.2. The van der Waals surface area contributed by atoms with Crippen molar-refractivity contribution in [3.05, 3.63) is 216 Å². The monoisotopic (exact) mass is 708 g/mol. The molecule has 0 aliphatic heterocycles. The van der Waals surface area contributed by atoms with Gasteiger partial charge in [0, 0.05) is 10.8 Å². The van der Waals surface area contributed by atoms with Gasteiger partial charge in [0.2, 0.25) is 0 Å². The minimum atomic E-state index is -0.391. The maximum atomic E-state index is 6.26. The predicted octanol–water partition coefficient (Wildman–Crippen LogP) is 14.7. The second-order valence-electron chi connectivity index (χ2n) is 15.5. The van der Waals surface area contributed by atoms with Crippen LogP contribution in [0.3, 0.4) is 0 Å². The second kappa shape index (κ2) is 10.9. The third-order valence-electron chi connectivity index (χ3n) is 12.9. The first-order valence-electron chi connectivity index (χ1n) is 19.5. The summed E-state index contributed by atoms with van der Waals surface area (Å²) in [5, 5.41) is 9.78. The molecule has 1 heterocycles. The summed E-state index contributed by atoms with van der Waals surface area (Å²) in [6.07, 6.45) is 0. The van der Waals surface area contributed by atoms with Gasteiger partial charge in [-0.3, -0.25) is 0 Å². The third-order valence-corrected chi connectivity index (χ3v) is 12.9. The molecule has 0 amide bonds. The standard InChI is InChI=1S/C55H32O/c1-3-18-43-41(16-1)52(34-25-28-36-33(31-34)27-30-51-54(36)45-20-8-12-24-50(45)56-51)42-17-2-4-19-44(42)53(43)35-26-29-40-39-15-7-11-23-48(39)55(49(40)32-35)46-21-9-5-13-37(46)38-14-6-10-22-47(38)55/h1-32H. The molecule has 1 aromatic heterocycles. The SMILES string of the molecule is c1ccc2c(c1)-c1ccccc1C21c2ccccc2-c2ccc(-c3c4ccccc4c(-c4ccc5c(ccc6oc7ccccc7c65)c4)c4ccccc34)cc21. The molecule has 0 bridgehead atoms. The number of benzene rings is 10. The second-order valence-corrected chi connectivity index (χ2v) is 15.5. The van der Waals surface area contributed by atoms with Crippen molar-refractivity contribution in [2.45, 2.75) is 5.41 Å². The van der Waals surface area contributed by atoms with Crippen molar-refractivity contribution < 1.29 is 4.42 Å². The predicted molar refractivity (Wildman–Crippen MR) is 233 cm³/mol. The smallest absolute Gasteiger partial charge is 0.136 e. The van der Waals surface area contributed by atoms with Crippen molar-refractivity contribution in [2.24, 2.45) is 0 Å². The van der Waals surface area contributed by atoms with Gasteiger partial charge in [-0.2, -0.15) is 0 Å². The van der Waals surface area contributed by atoms with Gasteiger partial charge in [-0.25, -0.2) is 0 Å². The lowest BCUT2D eigenvalue weighted by atomic mass is 9.70. The van der Waals surface area contributed by atoms with E-state index in [1.165, 1.54) is 104 Å². The van der Waals surface area contributed by atoms with E-state index in [0.29, 0.717) is 0 Å². The van der Waals surface area contributed by atoms with Gasteiger partial charge in [0.05, 0.1) is 5.41 Å².